The fourth-order valence-corrected chi connectivity index (χ4v) is 2.18. The lowest BCUT2D eigenvalue weighted by Gasteiger charge is -2.07. The van der Waals surface area contributed by atoms with Crippen LogP contribution in [-0.2, 0) is 13.1 Å². The molecule has 0 fully saturated rings. The van der Waals surface area contributed by atoms with Gasteiger partial charge in [0, 0.05) is 30.5 Å². The third-order valence-electron chi connectivity index (χ3n) is 2.70. The zero-order valence-corrected chi connectivity index (χ0v) is 11.8. The molecule has 0 unspecified atom stereocenters. The topological polar surface area (TPSA) is 17.0 Å². The molecule has 18 heavy (non-hydrogen) atoms. The van der Waals surface area contributed by atoms with Crippen LogP contribution in [0.25, 0.3) is 0 Å². The molecule has 2 aromatic rings. The molecule has 0 aliphatic rings. The Balaban J connectivity index is 1.99. The fraction of sp³-hybridized carbons (Fsp3) is 0.286. The molecule has 0 atom stereocenters. The van der Waals surface area contributed by atoms with Gasteiger partial charge in [-0.05, 0) is 36.2 Å². The highest BCUT2D eigenvalue weighted by Gasteiger charge is 2.02. The van der Waals surface area contributed by atoms with Crippen molar-refractivity contribution in [2.24, 2.45) is 0 Å². The van der Waals surface area contributed by atoms with E-state index in [1.807, 2.05) is 6.07 Å². The van der Waals surface area contributed by atoms with Crippen LogP contribution in [0.3, 0.4) is 0 Å². The standard InChI is InChI=1S/C14H16Cl2N2/c1-2-6-18-7-5-11(10-18)9-17-14-8-12(15)3-4-13(14)16/h3-5,7-8,10,17H,2,6,9H2,1H3. The smallest absolute Gasteiger partial charge is 0.0638 e. The molecule has 0 saturated carbocycles. The minimum atomic E-state index is 0.686. The first-order chi connectivity index (χ1) is 8.69. The molecular formula is C14H16Cl2N2. The van der Waals surface area contributed by atoms with Crippen molar-refractivity contribution in [1.29, 1.82) is 0 Å². The summed E-state index contributed by atoms with van der Waals surface area (Å²) in [7, 11) is 0. The number of nitrogens with zero attached hydrogens (tertiary/aromatic N) is 1. The summed E-state index contributed by atoms with van der Waals surface area (Å²) in [6.07, 6.45) is 5.39. The van der Waals surface area contributed by atoms with Gasteiger partial charge in [-0.1, -0.05) is 30.1 Å². The molecule has 1 aromatic carbocycles. The normalized spacial score (nSPS) is 10.6. The molecule has 0 saturated heterocycles. The predicted octanol–water partition coefficient (Wildman–Crippen LogP) is 4.82. The third-order valence-corrected chi connectivity index (χ3v) is 3.27. The van der Waals surface area contributed by atoms with Crippen LogP contribution in [0.2, 0.25) is 10.0 Å². The molecular weight excluding hydrogens is 267 g/mol. The average molecular weight is 283 g/mol. The Labute approximate surface area is 118 Å². The quantitative estimate of drug-likeness (QED) is 0.832. The van der Waals surface area contributed by atoms with Gasteiger partial charge < -0.3 is 9.88 Å². The second-order valence-electron chi connectivity index (χ2n) is 4.24. The summed E-state index contributed by atoms with van der Waals surface area (Å²) in [6.45, 7) is 3.97. The van der Waals surface area contributed by atoms with E-state index in [2.05, 4.69) is 35.3 Å². The Morgan fingerprint density at radius 2 is 2.06 bits per heavy atom. The third kappa shape index (κ3) is 3.44. The molecule has 2 rings (SSSR count). The summed E-state index contributed by atoms with van der Waals surface area (Å²) in [4.78, 5) is 0. The molecule has 1 aromatic heterocycles. The molecule has 1 heterocycles. The largest absolute Gasteiger partial charge is 0.380 e. The maximum atomic E-state index is 6.09. The van der Waals surface area contributed by atoms with Gasteiger partial charge in [-0.15, -0.1) is 0 Å². The number of benzene rings is 1. The van der Waals surface area contributed by atoms with Crippen molar-refractivity contribution in [2.45, 2.75) is 26.4 Å². The number of aryl methyl sites for hydroxylation is 1. The first kappa shape index (κ1) is 13.3. The van der Waals surface area contributed by atoms with E-state index in [1.54, 1.807) is 12.1 Å². The average Bonchev–Trinajstić information content (AvgIpc) is 2.79. The van der Waals surface area contributed by atoms with Gasteiger partial charge in [0.15, 0.2) is 0 Å². The van der Waals surface area contributed by atoms with Crippen molar-refractivity contribution >= 4 is 28.9 Å². The van der Waals surface area contributed by atoms with Crippen LogP contribution >= 0.6 is 23.2 Å². The lowest BCUT2D eigenvalue weighted by Crippen LogP contribution is -1.99. The van der Waals surface area contributed by atoms with Crippen LogP contribution in [-0.4, -0.2) is 4.57 Å². The number of aromatic nitrogens is 1. The van der Waals surface area contributed by atoms with E-state index in [4.69, 9.17) is 23.2 Å². The Morgan fingerprint density at radius 3 is 2.83 bits per heavy atom. The zero-order valence-electron chi connectivity index (χ0n) is 10.3. The van der Waals surface area contributed by atoms with Crippen molar-refractivity contribution in [3.05, 3.63) is 52.3 Å². The van der Waals surface area contributed by atoms with Crippen molar-refractivity contribution in [3.8, 4) is 0 Å². The van der Waals surface area contributed by atoms with Crippen molar-refractivity contribution in [2.75, 3.05) is 5.32 Å². The highest BCUT2D eigenvalue weighted by atomic mass is 35.5. The maximum absolute atomic E-state index is 6.09. The SMILES string of the molecule is CCCn1ccc(CNc2cc(Cl)ccc2Cl)c1. The van der Waals surface area contributed by atoms with E-state index in [0.717, 1.165) is 25.2 Å². The first-order valence-electron chi connectivity index (χ1n) is 6.02. The van der Waals surface area contributed by atoms with Gasteiger partial charge in [0.25, 0.3) is 0 Å². The van der Waals surface area contributed by atoms with Crippen molar-refractivity contribution in [1.82, 2.24) is 4.57 Å². The Bertz CT molecular complexity index is 520. The highest BCUT2D eigenvalue weighted by Crippen LogP contribution is 2.25. The van der Waals surface area contributed by atoms with E-state index in [1.165, 1.54) is 5.56 Å². The minimum Gasteiger partial charge on any atom is -0.380 e. The van der Waals surface area contributed by atoms with Crippen LogP contribution in [0.4, 0.5) is 5.69 Å². The van der Waals surface area contributed by atoms with E-state index >= 15 is 0 Å². The van der Waals surface area contributed by atoms with E-state index < -0.39 is 0 Å². The number of hydrogen-bond donors (Lipinski definition) is 1. The van der Waals surface area contributed by atoms with Gasteiger partial charge in [-0.2, -0.15) is 0 Å². The summed E-state index contributed by atoms with van der Waals surface area (Å²) in [6, 6.07) is 7.54. The van der Waals surface area contributed by atoms with E-state index in [9.17, 15) is 0 Å². The van der Waals surface area contributed by atoms with Gasteiger partial charge in [0.1, 0.15) is 0 Å². The molecule has 0 amide bonds. The fourth-order valence-electron chi connectivity index (χ4n) is 1.82. The van der Waals surface area contributed by atoms with Gasteiger partial charge in [-0.3, -0.25) is 0 Å². The lowest BCUT2D eigenvalue weighted by molar-refractivity contribution is 0.682. The molecule has 0 spiro atoms. The second kappa shape index (κ2) is 6.17. The lowest BCUT2D eigenvalue weighted by atomic mass is 10.3. The monoisotopic (exact) mass is 282 g/mol. The van der Waals surface area contributed by atoms with E-state index in [-0.39, 0.29) is 0 Å². The van der Waals surface area contributed by atoms with Crippen LogP contribution < -0.4 is 5.32 Å². The Hall–Kier alpha value is -1.12. The molecule has 2 nitrogen and oxygen atoms in total. The molecule has 0 aliphatic carbocycles. The van der Waals surface area contributed by atoms with Crippen LogP contribution in [0, 0.1) is 0 Å². The van der Waals surface area contributed by atoms with Gasteiger partial charge in [0.2, 0.25) is 0 Å². The highest BCUT2D eigenvalue weighted by molar-refractivity contribution is 6.35. The van der Waals surface area contributed by atoms with Gasteiger partial charge in [0.05, 0.1) is 10.7 Å². The molecule has 0 radical (unpaired) electrons. The molecule has 96 valence electrons. The molecule has 0 bridgehead atoms. The first-order valence-corrected chi connectivity index (χ1v) is 6.78. The number of nitrogens with one attached hydrogen (secondary N) is 1. The minimum absolute atomic E-state index is 0.686. The summed E-state index contributed by atoms with van der Waals surface area (Å²) in [5.41, 5.74) is 2.10. The van der Waals surface area contributed by atoms with E-state index in [0.29, 0.717) is 10.0 Å². The van der Waals surface area contributed by atoms with Crippen molar-refractivity contribution < 1.29 is 0 Å². The molecule has 1 N–H and O–H groups in total. The summed E-state index contributed by atoms with van der Waals surface area (Å²) in [5, 5.41) is 4.67. The number of anilines is 1. The number of rotatable bonds is 5. The zero-order chi connectivity index (χ0) is 13.0. The van der Waals surface area contributed by atoms with Crippen LogP contribution in [0.1, 0.15) is 18.9 Å². The Kier molecular flexibility index (Phi) is 4.56. The Morgan fingerprint density at radius 1 is 1.22 bits per heavy atom. The molecule has 0 aliphatic heterocycles. The number of halogens is 2. The number of hydrogen-bond acceptors (Lipinski definition) is 1. The summed E-state index contributed by atoms with van der Waals surface area (Å²) >= 11 is 12.0. The van der Waals surface area contributed by atoms with Crippen molar-refractivity contribution in [3.63, 3.8) is 0 Å². The predicted molar refractivity (Wildman–Crippen MR) is 78.5 cm³/mol. The van der Waals surface area contributed by atoms with Gasteiger partial charge >= 0.3 is 0 Å². The second-order valence-corrected chi connectivity index (χ2v) is 5.08. The summed E-state index contributed by atoms with van der Waals surface area (Å²) < 4.78 is 2.19. The van der Waals surface area contributed by atoms with Crippen LogP contribution in [0.15, 0.2) is 36.7 Å². The molecule has 4 heteroatoms. The van der Waals surface area contributed by atoms with Crippen LogP contribution in [0.5, 0.6) is 0 Å². The summed E-state index contributed by atoms with van der Waals surface area (Å²) in [5.74, 6) is 0. The maximum Gasteiger partial charge on any atom is 0.0638 e. The van der Waals surface area contributed by atoms with Gasteiger partial charge in [-0.25, -0.2) is 0 Å².